The molecule has 80 valence electrons. The molecule has 1 rings (SSSR count). The first-order valence-corrected chi connectivity index (χ1v) is 2.95. The first kappa shape index (κ1) is 29.4. The average molecular weight is 444 g/mol. The maximum atomic E-state index is 11.0. The molecule has 6 heteroatoms. The molecule has 0 atom stereocenters. The van der Waals surface area contributed by atoms with Crippen molar-refractivity contribution in [3.63, 3.8) is 0 Å². The average Bonchev–Trinajstić information content (AvgIpc) is 1.83. The third-order valence-electron chi connectivity index (χ3n) is 1.41. The molecule has 0 heterocycles. The first-order valence-electron chi connectivity index (χ1n) is 2.95. The van der Waals surface area contributed by atoms with E-state index in [0.717, 1.165) is 11.1 Å². The quantitative estimate of drug-likeness (QED) is 0.391. The minimum absolute atomic E-state index is 0. The molecular formula is C8H9Cl4OTa. The van der Waals surface area contributed by atoms with Crippen LogP contribution in [0.2, 0.25) is 0 Å². The molecule has 0 aliphatic rings. The molecule has 0 aliphatic heterocycles. The molecule has 0 spiro atoms. The number of hydrogen-bond acceptors (Lipinski definition) is 1. The minimum atomic E-state index is 0. The van der Waals surface area contributed by atoms with E-state index in [9.17, 15) is 5.11 Å². The van der Waals surface area contributed by atoms with Gasteiger partial charge in [-0.1, -0.05) is 29.3 Å². The number of aryl methyl sites for hydroxylation is 2. The van der Waals surface area contributed by atoms with Crippen molar-refractivity contribution in [2.24, 2.45) is 0 Å². The Morgan fingerprint density at radius 3 is 1.36 bits per heavy atom. The molecule has 0 aromatic heterocycles. The zero-order valence-corrected chi connectivity index (χ0v) is 13.8. The van der Waals surface area contributed by atoms with Gasteiger partial charge in [0.15, 0.2) is 0 Å². The van der Waals surface area contributed by atoms with Crippen molar-refractivity contribution < 1.29 is 77.1 Å². The van der Waals surface area contributed by atoms with Crippen LogP contribution >= 0.6 is 0 Å². The number of halogens is 4. The Morgan fingerprint density at radius 1 is 0.857 bits per heavy atom. The van der Waals surface area contributed by atoms with Crippen molar-refractivity contribution in [1.82, 2.24) is 0 Å². The largest absolute Gasteiger partial charge is 5.00 e. The smallest absolute Gasteiger partial charge is 1.00 e. The van der Waals surface area contributed by atoms with E-state index in [2.05, 4.69) is 0 Å². The van der Waals surface area contributed by atoms with Crippen LogP contribution in [-0.4, -0.2) is 0 Å². The van der Waals surface area contributed by atoms with Crippen molar-refractivity contribution in [3.05, 3.63) is 29.3 Å². The van der Waals surface area contributed by atoms with Crippen molar-refractivity contribution in [2.45, 2.75) is 13.8 Å². The Balaban J connectivity index is -0.0000000540. The van der Waals surface area contributed by atoms with Gasteiger partial charge < -0.3 is 54.7 Å². The molecule has 0 bridgehead atoms. The van der Waals surface area contributed by atoms with E-state index in [4.69, 9.17) is 0 Å². The van der Waals surface area contributed by atoms with Gasteiger partial charge in [0.2, 0.25) is 0 Å². The molecule has 0 amide bonds. The summed E-state index contributed by atoms with van der Waals surface area (Å²) in [7, 11) is 0. The van der Waals surface area contributed by atoms with Gasteiger partial charge >= 0.3 is 22.4 Å². The summed E-state index contributed by atoms with van der Waals surface area (Å²) < 4.78 is 0. The third kappa shape index (κ3) is 8.25. The van der Waals surface area contributed by atoms with E-state index < -0.39 is 0 Å². The van der Waals surface area contributed by atoms with Gasteiger partial charge in [-0.25, -0.2) is 0 Å². The molecule has 1 aromatic rings. The second kappa shape index (κ2) is 13.9. The monoisotopic (exact) mass is 442 g/mol. The standard InChI is InChI=1S/C8H10O.4ClH.Ta/c1-6-4-3-5-7(2)8(6)9;;;;;/h3-5,9H,1-2H3;4*1H;/q;;;;;+5/p-5. The summed E-state index contributed by atoms with van der Waals surface area (Å²) in [5, 5.41) is 11.0. The van der Waals surface area contributed by atoms with Gasteiger partial charge in [-0.15, -0.1) is 5.75 Å². The molecule has 0 saturated heterocycles. The van der Waals surface area contributed by atoms with E-state index in [1.807, 2.05) is 32.0 Å². The molecule has 0 aliphatic carbocycles. The Kier molecular flexibility index (Phi) is 29.2. The molecule has 0 saturated carbocycles. The number of hydrogen-bond donors (Lipinski definition) is 0. The minimum Gasteiger partial charge on any atom is -1.00 e. The summed E-state index contributed by atoms with van der Waals surface area (Å²) in [6, 6.07) is 5.55. The van der Waals surface area contributed by atoms with Crippen LogP contribution in [0.4, 0.5) is 0 Å². The normalized spacial score (nSPS) is 6.14. The Hall–Kier alpha value is 0.920. The SMILES string of the molecule is Cc1cccc(C)c1[O-].[Cl-].[Cl-].[Cl-].[Cl-].[Ta+5]. The van der Waals surface area contributed by atoms with Crippen molar-refractivity contribution in [1.29, 1.82) is 0 Å². The maximum Gasteiger partial charge on any atom is 5.00 e. The molecule has 0 unspecified atom stereocenters. The molecular weight excluding hydrogens is 435 g/mol. The van der Waals surface area contributed by atoms with Crippen LogP contribution in [0.3, 0.4) is 0 Å². The summed E-state index contributed by atoms with van der Waals surface area (Å²) in [6.07, 6.45) is 0. The summed E-state index contributed by atoms with van der Waals surface area (Å²) in [5.74, 6) is 0.164. The van der Waals surface area contributed by atoms with Crippen molar-refractivity contribution >= 4 is 0 Å². The van der Waals surface area contributed by atoms with Crippen LogP contribution in [0.1, 0.15) is 11.1 Å². The van der Waals surface area contributed by atoms with Gasteiger partial charge in [0.1, 0.15) is 0 Å². The molecule has 14 heavy (non-hydrogen) atoms. The second-order valence-electron chi connectivity index (χ2n) is 2.22. The van der Waals surface area contributed by atoms with Crippen LogP contribution in [0.25, 0.3) is 0 Å². The fraction of sp³-hybridized carbons (Fsp3) is 0.250. The first-order chi connectivity index (χ1) is 4.22. The van der Waals surface area contributed by atoms with Gasteiger partial charge in [-0.2, -0.15) is 0 Å². The maximum absolute atomic E-state index is 11.0. The molecule has 0 radical (unpaired) electrons. The second-order valence-corrected chi connectivity index (χ2v) is 2.22. The summed E-state index contributed by atoms with van der Waals surface area (Å²) in [6.45, 7) is 3.66. The van der Waals surface area contributed by atoms with Gasteiger partial charge in [-0.3, -0.25) is 0 Å². The Labute approximate surface area is 125 Å². The Morgan fingerprint density at radius 2 is 1.14 bits per heavy atom. The van der Waals surface area contributed by atoms with E-state index in [1.165, 1.54) is 0 Å². The van der Waals surface area contributed by atoms with Gasteiger partial charge in [-0.05, 0) is 13.8 Å². The van der Waals surface area contributed by atoms with Crippen molar-refractivity contribution in [2.75, 3.05) is 0 Å². The van der Waals surface area contributed by atoms with Gasteiger partial charge in [0.25, 0.3) is 0 Å². The van der Waals surface area contributed by atoms with Crippen LogP contribution in [0, 0.1) is 13.8 Å². The van der Waals surface area contributed by atoms with Crippen LogP contribution in [0.5, 0.6) is 5.75 Å². The summed E-state index contributed by atoms with van der Waals surface area (Å²) in [5.41, 5.74) is 1.66. The molecule has 1 aromatic carbocycles. The van der Waals surface area contributed by atoms with Gasteiger partial charge in [0, 0.05) is 0 Å². The third-order valence-corrected chi connectivity index (χ3v) is 1.41. The predicted octanol–water partition coefficient (Wildman–Crippen LogP) is -10.6. The summed E-state index contributed by atoms with van der Waals surface area (Å²) >= 11 is 0. The van der Waals surface area contributed by atoms with Crippen LogP contribution in [-0.2, 0) is 22.4 Å². The van der Waals surface area contributed by atoms with E-state index >= 15 is 0 Å². The zero-order valence-electron chi connectivity index (χ0n) is 7.60. The number of rotatable bonds is 0. The van der Waals surface area contributed by atoms with E-state index in [1.54, 1.807) is 0 Å². The van der Waals surface area contributed by atoms with Crippen molar-refractivity contribution in [3.8, 4) is 5.75 Å². The van der Waals surface area contributed by atoms with E-state index in [-0.39, 0.29) is 77.8 Å². The number of para-hydroxylation sites is 1. The molecule has 0 fully saturated rings. The molecule has 1 nitrogen and oxygen atoms in total. The Bertz CT molecular complexity index is 212. The zero-order chi connectivity index (χ0) is 6.85. The summed E-state index contributed by atoms with van der Waals surface area (Å²) in [4.78, 5) is 0. The fourth-order valence-electron chi connectivity index (χ4n) is 0.799. The predicted molar refractivity (Wildman–Crippen MR) is 35.4 cm³/mol. The van der Waals surface area contributed by atoms with Crippen LogP contribution < -0.4 is 54.7 Å². The van der Waals surface area contributed by atoms with Crippen LogP contribution in [0.15, 0.2) is 18.2 Å². The van der Waals surface area contributed by atoms with Gasteiger partial charge in [0.05, 0.1) is 0 Å². The van der Waals surface area contributed by atoms with E-state index in [0.29, 0.717) is 0 Å². The molecule has 0 N–H and O–H groups in total. The topological polar surface area (TPSA) is 23.1 Å². The fourth-order valence-corrected chi connectivity index (χ4v) is 0.799. The number of benzene rings is 1.